The number of thioether (sulfide) groups is 1. The molecule has 4 aromatic rings. The molecule has 1 fully saturated rings. The van der Waals surface area contributed by atoms with Crippen LogP contribution in [-0.2, 0) is 27.4 Å². The van der Waals surface area contributed by atoms with E-state index in [0.717, 1.165) is 44.2 Å². The third kappa shape index (κ3) is 8.05. The molecule has 1 saturated heterocycles. The van der Waals surface area contributed by atoms with Crippen LogP contribution in [0.25, 0.3) is 11.1 Å². The predicted molar refractivity (Wildman–Crippen MR) is 167 cm³/mol. The van der Waals surface area contributed by atoms with E-state index in [1.165, 1.54) is 0 Å². The van der Waals surface area contributed by atoms with E-state index in [1.54, 1.807) is 18.0 Å². The maximum Gasteiger partial charge on any atom is 0.272 e. The Kier molecular flexibility index (Phi) is 10.4. The summed E-state index contributed by atoms with van der Waals surface area (Å²) in [7, 11) is 0. The van der Waals surface area contributed by atoms with Gasteiger partial charge in [0.25, 0.3) is 9.70 Å². The smallest absolute Gasteiger partial charge is 0.272 e. The molecule has 42 heavy (non-hydrogen) atoms. The summed E-state index contributed by atoms with van der Waals surface area (Å²) >= 11 is 18.8. The Labute approximate surface area is 264 Å². The SMILES string of the molecule is O=C(NCc1ccccc1-c1ccc([C@H]2O[C@@H](CSc3ccccn3)C[C@@H](c3ccc(CO)cc3)O2)cc1)C(Cl)(Cl)Cl. The number of aliphatic hydroxyl groups excluding tert-OH is 1. The van der Waals surface area contributed by atoms with Crippen LogP contribution in [0.5, 0.6) is 0 Å². The van der Waals surface area contributed by atoms with Crippen molar-refractivity contribution >= 4 is 52.5 Å². The lowest BCUT2D eigenvalue weighted by Crippen LogP contribution is -2.34. The van der Waals surface area contributed by atoms with Crippen molar-refractivity contribution in [1.29, 1.82) is 0 Å². The van der Waals surface area contributed by atoms with Crippen LogP contribution >= 0.6 is 46.6 Å². The second-order valence-corrected chi connectivity index (χ2v) is 13.1. The Hall–Kier alpha value is -2.62. The van der Waals surface area contributed by atoms with Crippen LogP contribution in [0.1, 0.15) is 41.1 Å². The highest BCUT2D eigenvalue weighted by atomic mass is 35.6. The van der Waals surface area contributed by atoms with Crippen molar-refractivity contribution in [3.63, 3.8) is 0 Å². The summed E-state index contributed by atoms with van der Waals surface area (Å²) in [6, 6.07) is 29.5. The number of carbonyl (C=O) groups is 1. The van der Waals surface area contributed by atoms with Crippen LogP contribution in [-0.4, -0.2) is 31.6 Å². The fourth-order valence-electron chi connectivity index (χ4n) is 4.69. The Morgan fingerprint density at radius 2 is 1.64 bits per heavy atom. The van der Waals surface area contributed by atoms with Crippen molar-refractivity contribution in [3.8, 4) is 11.1 Å². The van der Waals surface area contributed by atoms with Gasteiger partial charge in [-0.25, -0.2) is 4.98 Å². The van der Waals surface area contributed by atoms with Gasteiger partial charge in [0.2, 0.25) is 0 Å². The summed E-state index contributed by atoms with van der Waals surface area (Å²) in [6.07, 6.45) is 1.67. The van der Waals surface area contributed by atoms with E-state index in [4.69, 9.17) is 44.3 Å². The molecule has 1 aliphatic heterocycles. The third-order valence-corrected chi connectivity index (χ3v) is 8.47. The number of benzene rings is 3. The molecule has 6 nitrogen and oxygen atoms in total. The molecule has 1 aromatic heterocycles. The molecular weight excluding hydrogens is 615 g/mol. The van der Waals surface area contributed by atoms with Gasteiger partial charge < -0.3 is 19.9 Å². The minimum Gasteiger partial charge on any atom is -0.392 e. The largest absolute Gasteiger partial charge is 0.392 e. The molecule has 3 aromatic carbocycles. The molecule has 1 aliphatic rings. The molecule has 1 amide bonds. The van der Waals surface area contributed by atoms with Crippen molar-refractivity contribution in [2.24, 2.45) is 0 Å². The molecule has 218 valence electrons. The fraction of sp³-hybridized carbons (Fsp3) is 0.250. The number of nitrogens with zero attached hydrogens (tertiary/aromatic N) is 1. The second-order valence-electron chi connectivity index (χ2n) is 9.79. The fourth-order valence-corrected chi connectivity index (χ4v) is 5.77. The van der Waals surface area contributed by atoms with Gasteiger partial charge >= 0.3 is 0 Å². The highest BCUT2D eigenvalue weighted by Gasteiger charge is 2.33. The summed E-state index contributed by atoms with van der Waals surface area (Å²) in [4.78, 5) is 16.5. The molecule has 0 aliphatic carbocycles. The van der Waals surface area contributed by atoms with Gasteiger partial charge in [0.05, 0.1) is 23.8 Å². The number of aliphatic hydroxyl groups is 1. The van der Waals surface area contributed by atoms with Crippen LogP contribution in [0.4, 0.5) is 0 Å². The van der Waals surface area contributed by atoms with Crippen molar-refractivity contribution in [1.82, 2.24) is 10.3 Å². The standard InChI is InChI=1S/C32H29Cl3N2O4S/c33-32(34,35)31(39)37-18-25-5-1-2-6-27(25)22-12-14-24(15-13-22)30-40-26(20-42-29-7-3-4-16-36-29)17-28(41-30)23-10-8-21(19-38)9-11-23/h1-16,26,28,30,38H,17-20H2,(H,37,39)/t26-,28+,30+/m1/s1. The summed E-state index contributed by atoms with van der Waals surface area (Å²) in [6.45, 7) is 0.210. The lowest BCUT2D eigenvalue weighted by atomic mass is 9.98. The molecule has 0 saturated carbocycles. The van der Waals surface area contributed by atoms with E-state index in [1.807, 2.05) is 91.0 Å². The molecule has 2 N–H and O–H groups in total. The first kappa shape index (κ1) is 30.8. The number of halogens is 3. The van der Waals surface area contributed by atoms with Gasteiger partial charge in [-0.3, -0.25) is 4.79 Å². The zero-order valence-corrected chi connectivity index (χ0v) is 25.5. The average Bonchev–Trinajstić information content (AvgIpc) is 3.03. The van der Waals surface area contributed by atoms with Crippen LogP contribution < -0.4 is 5.32 Å². The number of rotatable bonds is 9. The van der Waals surface area contributed by atoms with Gasteiger partial charge in [-0.15, -0.1) is 11.8 Å². The number of pyridine rings is 1. The third-order valence-electron chi connectivity index (χ3n) is 6.88. The van der Waals surface area contributed by atoms with Crippen LogP contribution in [0.3, 0.4) is 0 Å². The van der Waals surface area contributed by atoms with Crippen molar-refractivity contribution < 1.29 is 19.4 Å². The normalized spacial score (nSPS) is 18.9. The molecule has 2 heterocycles. The van der Waals surface area contributed by atoms with E-state index in [2.05, 4.69) is 10.3 Å². The number of amides is 1. The Morgan fingerprint density at radius 1 is 0.929 bits per heavy atom. The van der Waals surface area contributed by atoms with Crippen molar-refractivity contribution in [3.05, 3.63) is 119 Å². The maximum atomic E-state index is 12.1. The van der Waals surface area contributed by atoms with E-state index >= 15 is 0 Å². The first-order valence-corrected chi connectivity index (χ1v) is 15.5. The van der Waals surface area contributed by atoms with E-state index < -0.39 is 16.0 Å². The molecule has 0 radical (unpaired) electrons. The summed E-state index contributed by atoms with van der Waals surface area (Å²) in [5.41, 5.74) is 5.58. The summed E-state index contributed by atoms with van der Waals surface area (Å²) in [5.74, 6) is 0.0496. The number of aromatic nitrogens is 1. The van der Waals surface area contributed by atoms with E-state index in [9.17, 15) is 9.90 Å². The van der Waals surface area contributed by atoms with Crippen LogP contribution in [0, 0.1) is 0 Å². The molecule has 3 atom stereocenters. The molecule has 5 rings (SSSR count). The first-order valence-electron chi connectivity index (χ1n) is 13.4. The lowest BCUT2D eigenvalue weighted by Gasteiger charge is -2.36. The number of carbonyl (C=O) groups excluding carboxylic acids is 1. The molecule has 0 spiro atoms. The number of nitrogens with one attached hydrogen (secondary N) is 1. The van der Waals surface area contributed by atoms with Crippen LogP contribution in [0.2, 0.25) is 0 Å². The molecule has 0 unspecified atom stereocenters. The minimum absolute atomic E-state index is 0.00433. The Balaban J connectivity index is 1.34. The zero-order valence-electron chi connectivity index (χ0n) is 22.5. The van der Waals surface area contributed by atoms with Gasteiger partial charge in [-0.05, 0) is 39.9 Å². The van der Waals surface area contributed by atoms with Gasteiger partial charge in [0, 0.05) is 30.5 Å². The molecule has 10 heteroatoms. The maximum absolute atomic E-state index is 12.1. The average molecular weight is 644 g/mol. The lowest BCUT2D eigenvalue weighted by molar-refractivity contribution is -0.245. The zero-order chi connectivity index (χ0) is 29.5. The number of hydrogen-bond donors (Lipinski definition) is 2. The highest BCUT2D eigenvalue weighted by Crippen LogP contribution is 2.40. The second kappa shape index (κ2) is 14.2. The van der Waals surface area contributed by atoms with Gasteiger partial charge in [-0.1, -0.05) is 114 Å². The summed E-state index contributed by atoms with van der Waals surface area (Å²) in [5, 5.41) is 13.1. The topological polar surface area (TPSA) is 80.7 Å². The van der Waals surface area contributed by atoms with Crippen molar-refractivity contribution in [2.45, 2.75) is 46.9 Å². The van der Waals surface area contributed by atoms with Crippen molar-refractivity contribution in [2.75, 3.05) is 5.75 Å². The quantitative estimate of drug-likeness (QED) is 0.145. The first-order chi connectivity index (χ1) is 20.3. The number of hydrogen-bond acceptors (Lipinski definition) is 6. The minimum atomic E-state index is -2.02. The predicted octanol–water partition coefficient (Wildman–Crippen LogP) is 7.57. The Morgan fingerprint density at radius 3 is 2.33 bits per heavy atom. The van der Waals surface area contributed by atoms with Crippen LogP contribution in [0.15, 0.2) is 102 Å². The number of alkyl halides is 3. The Bertz CT molecular complexity index is 1470. The highest BCUT2D eigenvalue weighted by molar-refractivity contribution is 7.99. The number of ether oxygens (including phenoxy) is 2. The van der Waals surface area contributed by atoms with E-state index in [0.29, 0.717) is 6.42 Å². The van der Waals surface area contributed by atoms with Gasteiger partial charge in [0.15, 0.2) is 6.29 Å². The van der Waals surface area contributed by atoms with E-state index in [-0.39, 0.29) is 25.4 Å². The monoisotopic (exact) mass is 642 g/mol. The molecular formula is C32H29Cl3N2O4S. The van der Waals surface area contributed by atoms with Gasteiger partial charge in [0.1, 0.15) is 0 Å². The van der Waals surface area contributed by atoms with Gasteiger partial charge in [-0.2, -0.15) is 0 Å². The molecule has 0 bridgehead atoms. The summed E-state index contributed by atoms with van der Waals surface area (Å²) < 4.78 is 10.9.